The van der Waals surface area contributed by atoms with Crippen LogP contribution in [0, 0.1) is 0 Å². The number of aliphatic hydroxyl groups is 11. The predicted molar refractivity (Wildman–Crippen MR) is 393 cm³/mol. The van der Waals surface area contributed by atoms with E-state index >= 15 is 0 Å². The van der Waals surface area contributed by atoms with E-state index in [1.807, 2.05) is 0 Å². The first kappa shape index (κ1) is 92.0. The fraction of sp³-hybridized carbons (Fsp3) is 0.988. The van der Waals surface area contributed by atoms with Gasteiger partial charge in [0.2, 0.25) is 5.91 Å². The molecule has 3 rings (SSSR count). The van der Waals surface area contributed by atoms with Crippen molar-refractivity contribution >= 4 is 5.91 Å². The summed E-state index contributed by atoms with van der Waals surface area (Å²) in [6.07, 6.45) is 45.0. The number of carbonyl (C=O) groups is 1. The number of rotatable bonds is 68. The molecule has 588 valence electrons. The zero-order valence-electron chi connectivity index (χ0n) is 63.0. The number of unbranched alkanes of at least 4 members (excludes halogenated alkanes) is 52. The first-order chi connectivity index (χ1) is 48.3. The van der Waals surface area contributed by atoms with Crippen molar-refractivity contribution in [3.8, 4) is 0 Å². The Hall–Kier alpha value is -1.21. The molecule has 0 radical (unpaired) electrons. The van der Waals surface area contributed by atoms with E-state index in [1.54, 1.807) is 0 Å². The second-order valence-electron chi connectivity index (χ2n) is 30.3. The molecule has 0 aliphatic carbocycles. The van der Waals surface area contributed by atoms with Crippen molar-refractivity contribution in [2.24, 2.45) is 0 Å². The average molecular weight is 1420 g/mol. The molecule has 0 aromatic heterocycles. The van der Waals surface area contributed by atoms with Gasteiger partial charge in [-0.25, -0.2) is 0 Å². The lowest BCUT2D eigenvalue weighted by Gasteiger charge is -2.48. The number of aliphatic hydroxyl groups excluding tert-OH is 11. The van der Waals surface area contributed by atoms with Gasteiger partial charge >= 0.3 is 0 Å². The highest BCUT2D eigenvalue weighted by molar-refractivity contribution is 5.76. The standard InChI is InChI=1S/C80H155NO18/c1-3-5-7-9-11-13-15-17-19-21-23-24-25-26-27-28-29-30-31-32-33-34-35-36-37-38-39-40-42-44-46-48-50-52-54-56-58-68(86)81-63(64(85)57-55-53-51-49-47-45-43-41-22-20-18-16-14-12-10-8-6-4-2)62-94-78-74(92)71(89)76(66(60-83)96-78)99-80-75(93)72(90)77(67(61-84)97-80)98-79-73(91)70(88)69(87)65(59-82)95-79/h63-67,69-80,82-85,87-93H,3-62H2,1-2H3,(H,81,86). The van der Waals surface area contributed by atoms with Crippen LogP contribution in [0.15, 0.2) is 0 Å². The summed E-state index contributed by atoms with van der Waals surface area (Å²) in [6.45, 7) is 1.87. The van der Waals surface area contributed by atoms with Gasteiger partial charge in [0.15, 0.2) is 18.9 Å². The first-order valence-corrected chi connectivity index (χ1v) is 41.8. The van der Waals surface area contributed by atoms with Gasteiger partial charge < -0.3 is 89.9 Å². The van der Waals surface area contributed by atoms with Crippen LogP contribution in [-0.2, 0) is 33.2 Å². The third-order valence-electron chi connectivity index (χ3n) is 21.4. The van der Waals surface area contributed by atoms with Gasteiger partial charge in [0.25, 0.3) is 0 Å². The Morgan fingerprint density at radius 3 is 0.879 bits per heavy atom. The lowest BCUT2D eigenvalue weighted by molar-refractivity contribution is -0.379. The molecule has 17 atom stereocenters. The van der Waals surface area contributed by atoms with E-state index in [-0.39, 0.29) is 18.9 Å². The van der Waals surface area contributed by atoms with Gasteiger partial charge in [-0.2, -0.15) is 0 Å². The summed E-state index contributed by atoms with van der Waals surface area (Å²) in [4.78, 5) is 13.5. The van der Waals surface area contributed by atoms with E-state index in [9.17, 15) is 61.0 Å². The fourth-order valence-corrected chi connectivity index (χ4v) is 14.7. The molecule has 0 bridgehead atoms. The Morgan fingerprint density at radius 1 is 0.323 bits per heavy atom. The average Bonchev–Trinajstić information content (AvgIpc) is 0.786. The van der Waals surface area contributed by atoms with Crippen molar-refractivity contribution in [3.63, 3.8) is 0 Å². The van der Waals surface area contributed by atoms with Crippen molar-refractivity contribution < 1.29 is 89.4 Å². The lowest BCUT2D eigenvalue weighted by Crippen LogP contribution is -2.66. The maximum absolute atomic E-state index is 13.5. The summed E-state index contributed by atoms with van der Waals surface area (Å²) in [5.41, 5.74) is 0. The van der Waals surface area contributed by atoms with Crippen molar-refractivity contribution in [1.29, 1.82) is 0 Å². The van der Waals surface area contributed by atoms with Gasteiger partial charge in [-0.3, -0.25) is 4.79 Å². The summed E-state index contributed by atoms with van der Waals surface area (Å²) in [5, 5.41) is 121. The molecular formula is C80H155NO18. The van der Waals surface area contributed by atoms with Crippen molar-refractivity contribution in [2.75, 3.05) is 26.4 Å². The highest BCUT2D eigenvalue weighted by Crippen LogP contribution is 2.34. The summed E-state index contributed by atoms with van der Waals surface area (Å²) in [7, 11) is 0. The van der Waals surface area contributed by atoms with Crippen LogP contribution in [-0.4, -0.2) is 193 Å². The number of amides is 1. The molecule has 19 heteroatoms. The molecule has 3 saturated heterocycles. The van der Waals surface area contributed by atoms with Crippen LogP contribution in [0.1, 0.15) is 373 Å². The molecule has 0 aromatic carbocycles. The Labute approximate surface area is 602 Å². The third-order valence-corrected chi connectivity index (χ3v) is 21.4. The van der Waals surface area contributed by atoms with Crippen LogP contribution < -0.4 is 5.32 Å². The van der Waals surface area contributed by atoms with E-state index in [0.29, 0.717) is 12.8 Å². The second kappa shape index (κ2) is 61.9. The molecule has 0 saturated carbocycles. The van der Waals surface area contributed by atoms with E-state index < -0.39 is 124 Å². The van der Waals surface area contributed by atoms with Crippen LogP contribution in [0.3, 0.4) is 0 Å². The van der Waals surface area contributed by atoms with Crippen LogP contribution in [0.5, 0.6) is 0 Å². The zero-order valence-corrected chi connectivity index (χ0v) is 63.0. The molecule has 19 nitrogen and oxygen atoms in total. The maximum atomic E-state index is 13.5. The smallest absolute Gasteiger partial charge is 0.220 e. The van der Waals surface area contributed by atoms with Crippen molar-refractivity contribution in [2.45, 2.75) is 478 Å². The molecule has 99 heavy (non-hydrogen) atoms. The van der Waals surface area contributed by atoms with Crippen LogP contribution in [0.4, 0.5) is 0 Å². The molecule has 3 aliphatic heterocycles. The molecule has 3 aliphatic rings. The number of ether oxygens (including phenoxy) is 6. The quantitative estimate of drug-likeness (QED) is 0.0252. The van der Waals surface area contributed by atoms with Gasteiger partial charge in [0.1, 0.15) is 73.2 Å². The van der Waals surface area contributed by atoms with E-state index in [1.165, 1.54) is 295 Å². The summed E-state index contributed by atoms with van der Waals surface area (Å²) >= 11 is 0. The molecule has 17 unspecified atom stereocenters. The van der Waals surface area contributed by atoms with E-state index in [2.05, 4.69) is 19.2 Å². The normalized spacial score (nSPS) is 26.5. The largest absolute Gasteiger partial charge is 0.394 e. The van der Waals surface area contributed by atoms with Gasteiger partial charge in [-0.1, -0.05) is 354 Å². The van der Waals surface area contributed by atoms with Crippen LogP contribution in [0.25, 0.3) is 0 Å². The number of hydrogen-bond donors (Lipinski definition) is 12. The minimum atomic E-state index is -1.97. The number of hydrogen-bond acceptors (Lipinski definition) is 18. The minimum Gasteiger partial charge on any atom is -0.394 e. The van der Waals surface area contributed by atoms with Gasteiger partial charge in [-0.05, 0) is 12.8 Å². The topological polar surface area (TPSA) is 307 Å². The SMILES string of the molecule is CCCCCCCCCCCCCCCCCCCCCCCCCCCCCCCCCCCCCCC(=O)NC(COC1OC(CO)C(OC2OC(CO)C(OC3OC(CO)C(O)C(O)C3O)C(O)C2O)C(O)C1O)C(O)CCCCCCCCCCCCCCCCCCCC. The monoisotopic (exact) mass is 1420 g/mol. The molecule has 12 N–H and O–H groups in total. The Bertz CT molecular complexity index is 1790. The Morgan fingerprint density at radius 2 is 0.576 bits per heavy atom. The van der Waals surface area contributed by atoms with Crippen LogP contribution in [0.2, 0.25) is 0 Å². The van der Waals surface area contributed by atoms with Gasteiger partial charge in [0.05, 0.1) is 38.6 Å². The Balaban J connectivity index is 1.30. The van der Waals surface area contributed by atoms with E-state index in [4.69, 9.17) is 28.4 Å². The molecular weight excluding hydrogens is 1260 g/mol. The summed E-state index contributed by atoms with van der Waals surface area (Å²) < 4.78 is 34.5. The molecule has 3 heterocycles. The molecule has 0 spiro atoms. The second-order valence-corrected chi connectivity index (χ2v) is 30.3. The first-order valence-electron chi connectivity index (χ1n) is 41.8. The zero-order chi connectivity index (χ0) is 71.8. The van der Waals surface area contributed by atoms with Crippen LogP contribution >= 0.6 is 0 Å². The molecule has 3 fully saturated rings. The predicted octanol–water partition coefficient (Wildman–Crippen LogP) is 14.2. The van der Waals surface area contributed by atoms with E-state index in [0.717, 1.165) is 44.9 Å². The third kappa shape index (κ3) is 42.1. The van der Waals surface area contributed by atoms with Gasteiger partial charge in [-0.15, -0.1) is 0 Å². The molecule has 0 aromatic rings. The van der Waals surface area contributed by atoms with Crippen molar-refractivity contribution in [3.05, 3.63) is 0 Å². The van der Waals surface area contributed by atoms with Gasteiger partial charge in [0, 0.05) is 6.42 Å². The Kier molecular flexibility index (Phi) is 57.5. The maximum Gasteiger partial charge on any atom is 0.220 e. The fourth-order valence-electron chi connectivity index (χ4n) is 14.7. The minimum absolute atomic E-state index is 0.233. The summed E-state index contributed by atoms with van der Waals surface area (Å²) in [5.74, 6) is -0.233. The highest BCUT2D eigenvalue weighted by atomic mass is 16.8. The molecule has 1 amide bonds. The summed E-state index contributed by atoms with van der Waals surface area (Å²) in [6, 6.07) is -0.883. The number of carbonyl (C=O) groups excluding carboxylic acids is 1. The van der Waals surface area contributed by atoms with Crippen molar-refractivity contribution in [1.82, 2.24) is 5.32 Å². The lowest BCUT2D eigenvalue weighted by atomic mass is 9.96. The highest BCUT2D eigenvalue weighted by Gasteiger charge is 2.54. The number of nitrogens with one attached hydrogen (secondary N) is 1.